The third-order valence-corrected chi connectivity index (χ3v) is 7.01. The van der Waals surface area contributed by atoms with Gasteiger partial charge < -0.3 is 9.80 Å². The summed E-state index contributed by atoms with van der Waals surface area (Å²) in [6.07, 6.45) is 4.69. The van der Waals surface area contributed by atoms with E-state index in [4.69, 9.17) is 0 Å². The van der Waals surface area contributed by atoms with Crippen LogP contribution in [-0.2, 0) is 6.42 Å². The topological polar surface area (TPSA) is 41.4 Å². The van der Waals surface area contributed by atoms with Crippen molar-refractivity contribution in [3.05, 3.63) is 101 Å². The molecule has 0 amide bonds. The van der Waals surface area contributed by atoms with Crippen LogP contribution < -0.4 is 10.5 Å². The smallest absolute Gasteiger partial charge is 0.261 e. The maximum absolute atomic E-state index is 13.0. The molecule has 0 N–H and O–H groups in total. The number of aryl methyl sites for hydroxylation is 1. The first-order valence-corrected chi connectivity index (χ1v) is 12.3. The number of rotatable bonds is 7. The summed E-state index contributed by atoms with van der Waals surface area (Å²) in [5, 5.41) is 0.709. The van der Waals surface area contributed by atoms with Gasteiger partial charge in [-0.15, -0.1) is 0 Å². The van der Waals surface area contributed by atoms with Crippen molar-refractivity contribution >= 4 is 22.3 Å². The van der Waals surface area contributed by atoms with Crippen LogP contribution in [0.15, 0.2) is 90.0 Å². The molecule has 1 aromatic heterocycles. The van der Waals surface area contributed by atoms with Crippen molar-refractivity contribution in [1.82, 2.24) is 14.5 Å². The lowest BCUT2D eigenvalue weighted by atomic mass is 10.0. The first-order valence-electron chi connectivity index (χ1n) is 12.3. The minimum atomic E-state index is 0.0791. The van der Waals surface area contributed by atoms with Crippen molar-refractivity contribution in [2.45, 2.75) is 32.2 Å². The number of likely N-dealkylation sites (tertiary alicyclic amines) is 1. The zero-order valence-electron chi connectivity index (χ0n) is 19.8. The summed E-state index contributed by atoms with van der Waals surface area (Å²) < 4.78 is 1.85. The second-order valence-electron chi connectivity index (χ2n) is 9.02. The summed E-state index contributed by atoms with van der Waals surface area (Å²) in [7, 11) is 0. The Bertz CT molecular complexity index is 1290. The van der Waals surface area contributed by atoms with Crippen LogP contribution >= 0.6 is 0 Å². The van der Waals surface area contributed by atoms with Crippen molar-refractivity contribution in [3.63, 3.8) is 0 Å². The molecule has 0 atom stereocenters. The fraction of sp³-hybridized carbons (Fsp3) is 0.310. The van der Waals surface area contributed by atoms with E-state index >= 15 is 0 Å². The Kier molecular flexibility index (Phi) is 6.72. The molecular formula is C29H32N4O. The molecular weight excluding hydrogens is 420 g/mol. The largest absolute Gasteiger partial charge is 0.340 e. The SMILES string of the molecule is CCc1ccccc1N(CCN1CCC(n2cnc3ccccc3c2=O)CC1)c1ccccc1. The Morgan fingerprint density at radius 2 is 1.62 bits per heavy atom. The lowest BCUT2D eigenvalue weighted by molar-refractivity contribution is 0.188. The number of aromatic nitrogens is 2. The van der Waals surface area contributed by atoms with Gasteiger partial charge >= 0.3 is 0 Å². The summed E-state index contributed by atoms with van der Waals surface area (Å²) in [6.45, 7) is 6.12. The van der Waals surface area contributed by atoms with Crippen LogP contribution in [0.4, 0.5) is 11.4 Å². The third kappa shape index (κ3) is 4.62. The highest BCUT2D eigenvalue weighted by Crippen LogP contribution is 2.29. The summed E-state index contributed by atoms with van der Waals surface area (Å²) in [5.41, 5.74) is 4.74. The van der Waals surface area contributed by atoms with E-state index in [0.717, 1.165) is 51.0 Å². The van der Waals surface area contributed by atoms with Gasteiger partial charge in [0.05, 0.1) is 17.2 Å². The highest BCUT2D eigenvalue weighted by Gasteiger charge is 2.23. The number of nitrogens with zero attached hydrogens (tertiary/aromatic N) is 4. The molecule has 174 valence electrons. The molecule has 1 fully saturated rings. The standard InChI is InChI=1S/C29H32N4O/c1-2-23-10-6-9-15-28(23)32(24-11-4-3-5-12-24)21-20-31-18-16-25(17-19-31)33-22-30-27-14-8-7-13-26(27)29(33)34/h3-15,22,25H,2,16-21H2,1H3. The van der Waals surface area contributed by atoms with E-state index in [2.05, 4.69) is 76.3 Å². The van der Waals surface area contributed by atoms with Gasteiger partial charge in [0.25, 0.3) is 5.56 Å². The van der Waals surface area contributed by atoms with Crippen LogP contribution in [0, 0.1) is 0 Å². The summed E-state index contributed by atoms with van der Waals surface area (Å²) in [4.78, 5) is 22.5. The van der Waals surface area contributed by atoms with Crippen LogP contribution in [-0.4, -0.2) is 40.6 Å². The van der Waals surface area contributed by atoms with Crippen LogP contribution in [0.25, 0.3) is 10.9 Å². The zero-order chi connectivity index (χ0) is 23.3. The molecule has 1 saturated heterocycles. The van der Waals surface area contributed by atoms with E-state index in [1.165, 1.54) is 16.9 Å². The van der Waals surface area contributed by atoms with Gasteiger partial charge in [-0.1, -0.05) is 55.5 Å². The van der Waals surface area contributed by atoms with Gasteiger partial charge in [-0.05, 0) is 55.2 Å². The Morgan fingerprint density at radius 3 is 2.41 bits per heavy atom. The molecule has 5 nitrogen and oxygen atoms in total. The van der Waals surface area contributed by atoms with E-state index in [1.54, 1.807) is 6.33 Å². The summed E-state index contributed by atoms with van der Waals surface area (Å²) in [5.74, 6) is 0. The number of anilines is 2. The van der Waals surface area contributed by atoms with Crippen LogP contribution in [0.3, 0.4) is 0 Å². The minimum absolute atomic E-state index is 0.0791. The highest BCUT2D eigenvalue weighted by atomic mass is 16.1. The monoisotopic (exact) mass is 452 g/mol. The Morgan fingerprint density at radius 1 is 0.912 bits per heavy atom. The number of hydrogen-bond donors (Lipinski definition) is 0. The third-order valence-electron chi connectivity index (χ3n) is 7.01. The molecule has 4 aromatic rings. The van der Waals surface area contributed by atoms with Gasteiger partial charge in [-0.2, -0.15) is 0 Å². The van der Waals surface area contributed by atoms with Gasteiger partial charge in [-0.3, -0.25) is 9.36 Å². The van der Waals surface area contributed by atoms with Crippen LogP contribution in [0.5, 0.6) is 0 Å². The molecule has 0 unspecified atom stereocenters. The van der Waals surface area contributed by atoms with E-state index < -0.39 is 0 Å². The second kappa shape index (κ2) is 10.2. The first kappa shape index (κ1) is 22.4. The molecule has 0 radical (unpaired) electrons. The van der Waals surface area contributed by atoms with E-state index in [9.17, 15) is 4.79 Å². The van der Waals surface area contributed by atoms with Crippen molar-refractivity contribution in [2.24, 2.45) is 0 Å². The normalized spacial score (nSPS) is 15.0. The molecule has 1 aliphatic heterocycles. The summed E-state index contributed by atoms with van der Waals surface area (Å²) >= 11 is 0. The Balaban J connectivity index is 1.27. The minimum Gasteiger partial charge on any atom is -0.340 e. The van der Waals surface area contributed by atoms with Crippen LogP contribution in [0.1, 0.15) is 31.4 Å². The molecule has 5 rings (SSSR count). The average molecular weight is 453 g/mol. The van der Waals surface area contributed by atoms with E-state index in [1.807, 2.05) is 28.8 Å². The van der Waals surface area contributed by atoms with Crippen molar-refractivity contribution in [1.29, 1.82) is 0 Å². The van der Waals surface area contributed by atoms with Crippen molar-refractivity contribution < 1.29 is 0 Å². The number of piperidine rings is 1. The molecule has 0 bridgehead atoms. The second-order valence-corrected chi connectivity index (χ2v) is 9.02. The van der Waals surface area contributed by atoms with E-state index in [0.29, 0.717) is 5.39 Å². The fourth-order valence-corrected chi connectivity index (χ4v) is 5.08. The van der Waals surface area contributed by atoms with Crippen molar-refractivity contribution in [2.75, 3.05) is 31.1 Å². The predicted molar refractivity (Wildman–Crippen MR) is 140 cm³/mol. The maximum Gasteiger partial charge on any atom is 0.261 e. The molecule has 0 saturated carbocycles. The molecule has 0 aliphatic carbocycles. The average Bonchev–Trinajstić information content (AvgIpc) is 2.90. The Labute approximate surface area is 201 Å². The quantitative estimate of drug-likeness (QED) is 0.375. The van der Waals surface area contributed by atoms with Gasteiger partial charge in [0.2, 0.25) is 0 Å². The Hall–Kier alpha value is -3.44. The molecule has 3 aromatic carbocycles. The lowest BCUT2D eigenvalue weighted by Crippen LogP contribution is -2.41. The predicted octanol–water partition coefficient (Wildman–Crippen LogP) is 5.43. The van der Waals surface area contributed by atoms with Crippen molar-refractivity contribution in [3.8, 4) is 0 Å². The lowest BCUT2D eigenvalue weighted by Gasteiger charge is -2.35. The van der Waals surface area contributed by atoms with Crippen LogP contribution in [0.2, 0.25) is 0 Å². The number of benzene rings is 3. The highest BCUT2D eigenvalue weighted by molar-refractivity contribution is 5.76. The summed E-state index contributed by atoms with van der Waals surface area (Å²) in [6, 6.07) is 27.2. The van der Waals surface area contributed by atoms with Gasteiger partial charge in [0, 0.05) is 43.6 Å². The zero-order valence-corrected chi connectivity index (χ0v) is 19.8. The maximum atomic E-state index is 13.0. The van der Waals surface area contributed by atoms with Gasteiger partial charge in [0.1, 0.15) is 0 Å². The first-order chi connectivity index (χ1) is 16.7. The van der Waals surface area contributed by atoms with Gasteiger partial charge in [-0.25, -0.2) is 4.98 Å². The molecule has 2 heterocycles. The fourth-order valence-electron chi connectivity index (χ4n) is 5.08. The van der Waals surface area contributed by atoms with E-state index in [-0.39, 0.29) is 11.6 Å². The molecule has 0 spiro atoms. The molecule has 34 heavy (non-hydrogen) atoms. The number of hydrogen-bond acceptors (Lipinski definition) is 4. The number of fused-ring (bicyclic) bond motifs is 1. The number of para-hydroxylation sites is 3. The molecule has 1 aliphatic rings. The van der Waals surface area contributed by atoms with Gasteiger partial charge in [0.15, 0.2) is 0 Å². The molecule has 5 heteroatoms.